The number of nitriles is 1. The van der Waals surface area contributed by atoms with E-state index in [1.807, 2.05) is 18.2 Å². The SMILES string of the molecule is CN1CCC(CO)CC1.Cc1cc(C#N)cn2c(C)c(Cc3c(Cl)ccc(C=O)c3Cl)nc12. The van der Waals surface area contributed by atoms with Gasteiger partial charge in [0, 0.05) is 35.5 Å². The first-order valence-electron chi connectivity index (χ1n) is 10.9. The molecule has 4 rings (SSSR count). The summed E-state index contributed by atoms with van der Waals surface area (Å²) in [6.07, 6.45) is 5.23. The maximum Gasteiger partial charge on any atom is 0.151 e. The van der Waals surface area contributed by atoms with Crippen molar-refractivity contribution in [1.29, 1.82) is 5.26 Å². The minimum atomic E-state index is 0.350. The van der Waals surface area contributed by atoms with Gasteiger partial charge in [0.05, 0.1) is 16.3 Å². The third-order valence-corrected chi connectivity index (χ3v) is 6.95. The number of benzene rings is 1. The Morgan fingerprint density at radius 3 is 2.58 bits per heavy atom. The van der Waals surface area contributed by atoms with Gasteiger partial charge in [-0.05, 0) is 82.1 Å². The van der Waals surface area contributed by atoms with E-state index in [2.05, 4.69) is 23.0 Å². The van der Waals surface area contributed by atoms with Gasteiger partial charge >= 0.3 is 0 Å². The lowest BCUT2D eigenvalue weighted by atomic mass is 9.98. The number of pyridine rings is 1. The average molecular weight is 487 g/mol. The van der Waals surface area contributed by atoms with Gasteiger partial charge in [-0.1, -0.05) is 23.2 Å². The van der Waals surface area contributed by atoms with Gasteiger partial charge in [0.15, 0.2) is 6.29 Å². The van der Waals surface area contributed by atoms with E-state index < -0.39 is 0 Å². The summed E-state index contributed by atoms with van der Waals surface area (Å²) >= 11 is 12.6. The maximum absolute atomic E-state index is 11.1. The number of imidazole rings is 1. The van der Waals surface area contributed by atoms with Crippen LogP contribution in [0.1, 0.15) is 51.3 Å². The molecule has 1 N–H and O–H groups in total. The van der Waals surface area contributed by atoms with Gasteiger partial charge in [-0.2, -0.15) is 5.26 Å². The number of likely N-dealkylation sites (tertiary alicyclic amines) is 1. The Kier molecular flexibility index (Phi) is 8.50. The van der Waals surface area contributed by atoms with Gasteiger partial charge in [-0.3, -0.25) is 4.79 Å². The van der Waals surface area contributed by atoms with Crippen LogP contribution in [0.4, 0.5) is 0 Å². The van der Waals surface area contributed by atoms with Crippen molar-refractivity contribution in [1.82, 2.24) is 14.3 Å². The highest BCUT2D eigenvalue weighted by molar-refractivity contribution is 6.37. The third-order valence-electron chi connectivity index (χ3n) is 6.15. The van der Waals surface area contributed by atoms with Gasteiger partial charge in [-0.15, -0.1) is 0 Å². The van der Waals surface area contributed by atoms with Crippen LogP contribution in [0.3, 0.4) is 0 Å². The summed E-state index contributed by atoms with van der Waals surface area (Å²) in [6, 6.07) is 7.22. The second kappa shape index (κ2) is 11.1. The normalized spacial score (nSPS) is 14.6. The number of rotatable bonds is 4. The number of aromatic nitrogens is 2. The zero-order valence-electron chi connectivity index (χ0n) is 19.1. The van der Waals surface area contributed by atoms with Crippen molar-refractivity contribution >= 4 is 35.1 Å². The van der Waals surface area contributed by atoms with Crippen LogP contribution in [0.5, 0.6) is 0 Å². The summed E-state index contributed by atoms with van der Waals surface area (Å²) in [7, 11) is 2.13. The highest BCUT2D eigenvalue weighted by atomic mass is 35.5. The molecule has 8 heteroatoms. The molecule has 0 amide bonds. The molecule has 0 bridgehead atoms. The molecule has 3 aromatic rings. The van der Waals surface area contributed by atoms with Crippen molar-refractivity contribution in [2.75, 3.05) is 26.7 Å². The smallest absolute Gasteiger partial charge is 0.151 e. The first kappa shape index (κ1) is 25.2. The number of carbonyl (C=O) groups excluding carboxylic acids is 1. The molecule has 1 aliphatic heterocycles. The number of fused-ring (bicyclic) bond motifs is 1. The topological polar surface area (TPSA) is 81.6 Å². The molecule has 0 unspecified atom stereocenters. The summed E-state index contributed by atoms with van der Waals surface area (Å²) in [5.74, 6) is 0.584. The summed E-state index contributed by atoms with van der Waals surface area (Å²) in [4.78, 5) is 18.1. The molecule has 0 saturated carbocycles. The Hall–Kier alpha value is -2.43. The molecule has 0 aliphatic carbocycles. The number of aliphatic hydroxyl groups is 1. The fourth-order valence-electron chi connectivity index (χ4n) is 3.98. The number of aldehydes is 1. The number of nitrogens with zero attached hydrogens (tertiary/aromatic N) is 4. The molecule has 3 heterocycles. The quantitative estimate of drug-likeness (QED) is 0.532. The maximum atomic E-state index is 11.1. The van der Waals surface area contributed by atoms with Crippen LogP contribution in [0.2, 0.25) is 10.0 Å². The first-order chi connectivity index (χ1) is 15.8. The lowest BCUT2D eigenvalue weighted by Gasteiger charge is -2.27. The summed E-state index contributed by atoms with van der Waals surface area (Å²) in [6.45, 7) is 6.55. The van der Waals surface area contributed by atoms with Crippen LogP contribution < -0.4 is 0 Å². The van der Waals surface area contributed by atoms with Crippen LogP contribution >= 0.6 is 23.2 Å². The largest absolute Gasteiger partial charge is 0.396 e. The van der Waals surface area contributed by atoms with Crippen LogP contribution in [-0.2, 0) is 6.42 Å². The molecule has 0 atom stereocenters. The molecule has 0 spiro atoms. The highest BCUT2D eigenvalue weighted by Crippen LogP contribution is 2.30. The number of hydrogen-bond donors (Lipinski definition) is 1. The standard InChI is InChI=1S/C18H13Cl2N3O.C7H15NO/c1-10-5-12(7-21)8-23-11(2)16(22-18(10)23)6-14-15(19)4-3-13(9-24)17(14)20;1-8-4-2-7(6-9)3-5-8/h3-5,8-9H,6H2,1-2H3;7,9H,2-6H2,1H3. The number of carbonyl (C=O) groups is 1. The predicted octanol–water partition coefficient (Wildman–Crippen LogP) is 4.85. The summed E-state index contributed by atoms with van der Waals surface area (Å²) in [5, 5.41) is 18.7. The molecule has 2 aromatic heterocycles. The summed E-state index contributed by atoms with van der Waals surface area (Å²) < 4.78 is 1.90. The van der Waals surface area contributed by atoms with E-state index >= 15 is 0 Å². The Bertz CT molecular complexity index is 1190. The minimum Gasteiger partial charge on any atom is -0.396 e. The lowest BCUT2D eigenvalue weighted by Crippen LogP contribution is -2.31. The fraction of sp³-hybridized carbons (Fsp3) is 0.400. The van der Waals surface area contributed by atoms with Gasteiger partial charge in [0.2, 0.25) is 0 Å². The monoisotopic (exact) mass is 486 g/mol. The van der Waals surface area contributed by atoms with E-state index in [0.717, 1.165) is 35.7 Å². The molecular weight excluding hydrogens is 459 g/mol. The first-order valence-corrected chi connectivity index (χ1v) is 11.6. The van der Waals surface area contributed by atoms with Crippen molar-refractivity contribution in [3.8, 4) is 6.07 Å². The molecule has 1 aromatic carbocycles. The summed E-state index contributed by atoms with van der Waals surface area (Å²) in [5.41, 5.74) is 5.08. The van der Waals surface area contributed by atoms with Crippen molar-refractivity contribution < 1.29 is 9.90 Å². The Morgan fingerprint density at radius 1 is 1.27 bits per heavy atom. The molecule has 1 fully saturated rings. The van der Waals surface area contributed by atoms with Gasteiger partial charge in [-0.25, -0.2) is 4.98 Å². The third kappa shape index (κ3) is 5.74. The number of aliphatic hydroxyl groups excluding tert-OH is 1. The molecule has 1 aliphatic rings. The van der Waals surface area contributed by atoms with E-state index in [0.29, 0.717) is 52.0 Å². The lowest BCUT2D eigenvalue weighted by molar-refractivity contribution is 0.112. The predicted molar refractivity (Wildman–Crippen MR) is 131 cm³/mol. The average Bonchev–Trinajstić information content (AvgIpc) is 3.13. The second-order valence-corrected chi connectivity index (χ2v) is 9.30. The number of piperidine rings is 1. The number of halogens is 2. The molecule has 33 heavy (non-hydrogen) atoms. The van der Waals surface area contributed by atoms with Gasteiger partial charge in [0.1, 0.15) is 11.7 Å². The fourth-order valence-corrected chi connectivity index (χ4v) is 4.53. The van der Waals surface area contributed by atoms with Crippen LogP contribution in [0.15, 0.2) is 24.4 Å². The zero-order valence-corrected chi connectivity index (χ0v) is 20.6. The van der Waals surface area contributed by atoms with E-state index in [1.165, 1.54) is 12.8 Å². The van der Waals surface area contributed by atoms with E-state index in [-0.39, 0.29) is 0 Å². The van der Waals surface area contributed by atoms with Crippen molar-refractivity contribution in [3.63, 3.8) is 0 Å². The molecule has 6 nitrogen and oxygen atoms in total. The van der Waals surface area contributed by atoms with Crippen molar-refractivity contribution in [3.05, 3.63) is 68.1 Å². The van der Waals surface area contributed by atoms with Crippen LogP contribution in [0, 0.1) is 31.1 Å². The molecule has 174 valence electrons. The van der Waals surface area contributed by atoms with E-state index in [4.69, 9.17) is 33.6 Å². The van der Waals surface area contributed by atoms with Gasteiger partial charge in [0.25, 0.3) is 0 Å². The molecule has 1 saturated heterocycles. The van der Waals surface area contributed by atoms with Gasteiger partial charge < -0.3 is 14.4 Å². The van der Waals surface area contributed by atoms with Crippen molar-refractivity contribution in [2.24, 2.45) is 5.92 Å². The Balaban J connectivity index is 0.000000286. The highest BCUT2D eigenvalue weighted by Gasteiger charge is 2.17. The molecular formula is C25H28Cl2N4O2. The van der Waals surface area contributed by atoms with Crippen LogP contribution in [-0.4, -0.2) is 52.4 Å². The second-order valence-electron chi connectivity index (χ2n) is 8.51. The van der Waals surface area contributed by atoms with E-state index in [1.54, 1.807) is 24.4 Å². The number of hydrogen-bond acceptors (Lipinski definition) is 5. The Labute approximate surface area is 204 Å². The van der Waals surface area contributed by atoms with Crippen molar-refractivity contribution in [2.45, 2.75) is 33.1 Å². The number of aryl methyl sites for hydroxylation is 2. The van der Waals surface area contributed by atoms with Crippen LogP contribution in [0.25, 0.3) is 5.65 Å². The minimum absolute atomic E-state index is 0.350. The molecule has 0 radical (unpaired) electrons. The Morgan fingerprint density at radius 2 is 1.97 bits per heavy atom. The van der Waals surface area contributed by atoms with E-state index in [9.17, 15) is 4.79 Å². The zero-order chi connectivity index (χ0) is 24.1.